The van der Waals surface area contributed by atoms with Crippen molar-refractivity contribution < 1.29 is 9.63 Å². The van der Waals surface area contributed by atoms with Gasteiger partial charge < -0.3 is 4.84 Å². The third kappa shape index (κ3) is 6.04. The first-order valence-corrected chi connectivity index (χ1v) is 7.74. The topological polar surface area (TPSA) is 63.0 Å². The molecule has 0 aliphatic heterocycles. The molecule has 1 amide bonds. The average Bonchev–Trinajstić information content (AvgIpc) is 2.58. The van der Waals surface area contributed by atoms with Crippen molar-refractivity contribution in [1.82, 2.24) is 5.43 Å². The molecular weight excluding hydrogens is 358 g/mol. The average molecular weight is 374 g/mol. The van der Waals surface area contributed by atoms with Crippen molar-refractivity contribution in [1.29, 1.82) is 0 Å². The number of rotatable bonds is 6. The number of hydrazone groups is 1. The second kappa shape index (κ2) is 8.85. The quantitative estimate of drug-likeness (QED) is 0.623. The summed E-state index contributed by atoms with van der Waals surface area (Å²) in [6.45, 7) is 1.62. The number of benzene rings is 2. The van der Waals surface area contributed by atoms with E-state index in [1.165, 1.54) is 0 Å². The number of amides is 1. The lowest BCUT2D eigenvalue weighted by Gasteiger charge is -2.02. The predicted molar refractivity (Wildman–Crippen MR) is 94.5 cm³/mol. The van der Waals surface area contributed by atoms with Gasteiger partial charge in [-0.05, 0) is 30.2 Å². The van der Waals surface area contributed by atoms with E-state index in [1.54, 1.807) is 6.21 Å². The fourth-order valence-electron chi connectivity index (χ4n) is 1.67. The maximum absolute atomic E-state index is 11.6. The zero-order valence-corrected chi connectivity index (χ0v) is 14.2. The van der Waals surface area contributed by atoms with Crippen LogP contribution in [0.2, 0.25) is 0 Å². The molecule has 0 bridgehead atoms. The van der Waals surface area contributed by atoms with Gasteiger partial charge in [-0.1, -0.05) is 63.6 Å². The maximum atomic E-state index is 11.6. The molecule has 2 rings (SSSR count). The Morgan fingerprint density at radius 3 is 2.57 bits per heavy atom. The van der Waals surface area contributed by atoms with Gasteiger partial charge in [-0.3, -0.25) is 4.79 Å². The van der Waals surface area contributed by atoms with Crippen molar-refractivity contribution in [2.75, 3.05) is 6.61 Å². The van der Waals surface area contributed by atoms with Crippen molar-refractivity contribution in [2.24, 2.45) is 10.3 Å². The van der Waals surface area contributed by atoms with E-state index in [0.29, 0.717) is 5.71 Å². The first kappa shape index (κ1) is 16.9. The highest BCUT2D eigenvalue weighted by molar-refractivity contribution is 9.10. The highest BCUT2D eigenvalue weighted by atomic mass is 79.9. The Labute approximate surface area is 143 Å². The van der Waals surface area contributed by atoms with Crippen LogP contribution in [-0.4, -0.2) is 24.4 Å². The Bertz CT molecular complexity index is 698. The van der Waals surface area contributed by atoms with Crippen LogP contribution in [-0.2, 0) is 9.63 Å². The standard InChI is InChI=1S/C17H16BrN3O2/c1-13(15-7-9-16(18)10-8-15)20-21-17(22)12-23-19-11-14-5-3-2-4-6-14/h2-11H,12H2,1H3,(H,21,22)/b19-11+,20-13+. The summed E-state index contributed by atoms with van der Waals surface area (Å²) >= 11 is 3.37. The van der Waals surface area contributed by atoms with Gasteiger partial charge in [0.05, 0.1) is 11.9 Å². The van der Waals surface area contributed by atoms with E-state index in [4.69, 9.17) is 4.84 Å². The number of oxime groups is 1. The van der Waals surface area contributed by atoms with Crippen LogP contribution in [0.15, 0.2) is 69.3 Å². The Morgan fingerprint density at radius 2 is 1.87 bits per heavy atom. The molecule has 0 saturated carbocycles. The predicted octanol–water partition coefficient (Wildman–Crippen LogP) is 3.34. The summed E-state index contributed by atoms with van der Waals surface area (Å²) in [7, 11) is 0. The third-order valence-electron chi connectivity index (χ3n) is 2.88. The van der Waals surface area contributed by atoms with Gasteiger partial charge in [0.25, 0.3) is 5.91 Å². The molecule has 23 heavy (non-hydrogen) atoms. The smallest absolute Gasteiger partial charge is 0.280 e. The molecule has 0 spiro atoms. The summed E-state index contributed by atoms with van der Waals surface area (Å²) < 4.78 is 0.989. The maximum Gasteiger partial charge on any atom is 0.280 e. The van der Waals surface area contributed by atoms with E-state index in [2.05, 4.69) is 31.6 Å². The lowest BCUT2D eigenvalue weighted by molar-refractivity contribution is -0.125. The minimum absolute atomic E-state index is 0.194. The molecule has 0 saturated heterocycles. The van der Waals surface area contributed by atoms with Crippen LogP contribution < -0.4 is 5.43 Å². The minimum atomic E-state index is -0.369. The van der Waals surface area contributed by atoms with Gasteiger partial charge >= 0.3 is 0 Å². The molecule has 118 valence electrons. The molecule has 2 aromatic carbocycles. The van der Waals surface area contributed by atoms with Crippen LogP contribution in [0.4, 0.5) is 0 Å². The van der Waals surface area contributed by atoms with Gasteiger partial charge in [0.2, 0.25) is 0 Å². The van der Waals surface area contributed by atoms with Crippen LogP contribution in [0.3, 0.4) is 0 Å². The van der Waals surface area contributed by atoms with Crippen LogP contribution in [0.25, 0.3) is 0 Å². The van der Waals surface area contributed by atoms with Gasteiger partial charge in [0, 0.05) is 4.47 Å². The van der Waals surface area contributed by atoms with E-state index in [0.717, 1.165) is 15.6 Å². The Hall–Kier alpha value is -2.47. The van der Waals surface area contributed by atoms with Crippen LogP contribution in [0.5, 0.6) is 0 Å². The van der Waals surface area contributed by atoms with Crippen molar-refractivity contribution >= 4 is 33.8 Å². The number of nitrogens with zero attached hydrogens (tertiary/aromatic N) is 2. The molecule has 6 heteroatoms. The second-order valence-electron chi connectivity index (χ2n) is 4.66. The molecule has 2 aromatic rings. The van der Waals surface area contributed by atoms with Crippen molar-refractivity contribution in [3.63, 3.8) is 0 Å². The molecule has 1 N–H and O–H groups in total. The first-order chi connectivity index (χ1) is 11.1. The van der Waals surface area contributed by atoms with Gasteiger partial charge in [0.1, 0.15) is 0 Å². The van der Waals surface area contributed by atoms with E-state index in [9.17, 15) is 4.79 Å². The fourth-order valence-corrected chi connectivity index (χ4v) is 1.93. The first-order valence-electron chi connectivity index (χ1n) is 6.94. The molecular formula is C17H16BrN3O2. The minimum Gasteiger partial charge on any atom is -0.386 e. The SMILES string of the molecule is C/C(=N\NC(=O)CO/N=C/c1ccccc1)c1ccc(Br)cc1. The summed E-state index contributed by atoms with van der Waals surface area (Å²) in [6.07, 6.45) is 1.55. The third-order valence-corrected chi connectivity index (χ3v) is 3.41. The van der Waals surface area contributed by atoms with E-state index in [-0.39, 0.29) is 12.5 Å². The molecule has 0 radical (unpaired) electrons. The van der Waals surface area contributed by atoms with Gasteiger partial charge in [-0.15, -0.1) is 0 Å². The summed E-state index contributed by atoms with van der Waals surface area (Å²) in [5.74, 6) is -0.369. The van der Waals surface area contributed by atoms with Crippen molar-refractivity contribution in [3.05, 3.63) is 70.2 Å². The summed E-state index contributed by atoms with van der Waals surface area (Å²) in [6, 6.07) is 17.1. The summed E-state index contributed by atoms with van der Waals surface area (Å²) in [5, 5.41) is 7.77. The number of nitrogens with one attached hydrogen (secondary N) is 1. The zero-order valence-electron chi connectivity index (χ0n) is 12.6. The molecule has 5 nitrogen and oxygen atoms in total. The van der Waals surface area contributed by atoms with E-state index < -0.39 is 0 Å². The van der Waals surface area contributed by atoms with Crippen molar-refractivity contribution in [2.45, 2.75) is 6.92 Å². The Kier molecular flexibility index (Phi) is 6.50. The van der Waals surface area contributed by atoms with Gasteiger partial charge in [0.15, 0.2) is 6.61 Å². The number of carbonyl (C=O) groups excluding carboxylic acids is 1. The molecule has 0 aliphatic rings. The molecule has 0 fully saturated rings. The van der Waals surface area contributed by atoms with E-state index >= 15 is 0 Å². The molecule has 0 aliphatic carbocycles. The fraction of sp³-hybridized carbons (Fsp3) is 0.118. The zero-order chi connectivity index (χ0) is 16.5. The molecule has 0 atom stereocenters. The summed E-state index contributed by atoms with van der Waals surface area (Å²) in [4.78, 5) is 16.6. The van der Waals surface area contributed by atoms with Gasteiger partial charge in [-0.25, -0.2) is 5.43 Å². The lowest BCUT2D eigenvalue weighted by atomic mass is 10.1. The Balaban J connectivity index is 1.77. The monoisotopic (exact) mass is 373 g/mol. The molecule has 0 aromatic heterocycles. The number of carbonyl (C=O) groups is 1. The second-order valence-corrected chi connectivity index (χ2v) is 5.57. The highest BCUT2D eigenvalue weighted by Gasteiger charge is 2.01. The Morgan fingerprint density at radius 1 is 1.17 bits per heavy atom. The van der Waals surface area contributed by atoms with Crippen LogP contribution in [0, 0.1) is 0 Å². The van der Waals surface area contributed by atoms with Crippen molar-refractivity contribution in [3.8, 4) is 0 Å². The van der Waals surface area contributed by atoms with Gasteiger partial charge in [-0.2, -0.15) is 5.10 Å². The van der Waals surface area contributed by atoms with E-state index in [1.807, 2.05) is 61.5 Å². The molecule has 0 unspecified atom stereocenters. The molecule has 0 heterocycles. The number of hydrogen-bond donors (Lipinski definition) is 1. The van der Waals surface area contributed by atoms with Crippen LogP contribution >= 0.6 is 15.9 Å². The highest BCUT2D eigenvalue weighted by Crippen LogP contribution is 2.10. The number of halogens is 1. The summed E-state index contributed by atoms with van der Waals surface area (Å²) in [5.41, 5.74) is 4.97. The normalized spacial score (nSPS) is 11.5. The van der Waals surface area contributed by atoms with Crippen LogP contribution in [0.1, 0.15) is 18.1 Å². The lowest BCUT2D eigenvalue weighted by Crippen LogP contribution is -2.23. The largest absolute Gasteiger partial charge is 0.386 e. The number of hydrogen-bond acceptors (Lipinski definition) is 4.